The second-order valence-electron chi connectivity index (χ2n) is 5.21. The second kappa shape index (κ2) is 5.98. The Labute approximate surface area is 129 Å². The number of hydrogen-bond acceptors (Lipinski definition) is 4. The molecule has 0 saturated heterocycles. The van der Waals surface area contributed by atoms with E-state index < -0.39 is 10.0 Å². The SMILES string of the molecule is CCc1cc(C2CC=C(S(=O)(=O)N(C)C)S2)c(C)[nH]c1=O. The van der Waals surface area contributed by atoms with Crippen LogP contribution in [0.4, 0.5) is 0 Å². The summed E-state index contributed by atoms with van der Waals surface area (Å²) in [6, 6.07) is 1.91. The van der Waals surface area contributed by atoms with Crippen LogP contribution in [-0.4, -0.2) is 31.8 Å². The van der Waals surface area contributed by atoms with E-state index in [-0.39, 0.29) is 10.8 Å². The van der Waals surface area contributed by atoms with Gasteiger partial charge in [0, 0.05) is 30.6 Å². The molecule has 0 radical (unpaired) electrons. The normalized spacial score (nSPS) is 19.1. The van der Waals surface area contributed by atoms with Gasteiger partial charge in [-0.05, 0) is 31.4 Å². The van der Waals surface area contributed by atoms with Gasteiger partial charge in [0.2, 0.25) is 10.0 Å². The molecule has 0 bridgehead atoms. The Morgan fingerprint density at radius 3 is 2.67 bits per heavy atom. The number of nitrogens with one attached hydrogen (secondary N) is 1. The molecule has 2 heterocycles. The molecule has 1 aromatic rings. The largest absolute Gasteiger partial charge is 0.326 e. The van der Waals surface area contributed by atoms with E-state index in [2.05, 4.69) is 4.98 Å². The van der Waals surface area contributed by atoms with Gasteiger partial charge >= 0.3 is 0 Å². The highest BCUT2D eigenvalue weighted by Crippen LogP contribution is 2.46. The maximum atomic E-state index is 12.2. The van der Waals surface area contributed by atoms with E-state index >= 15 is 0 Å². The Balaban J connectivity index is 2.31. The fraction of sp³-hybridized carbons (Fsp3) is 0.500. The summed E-state index contributed by atoms with van der Waals surface area (Å²) in [5.74, 6) is 0. The van der Waals surface area contributed by atoms with Crippen molar-refractivity contribution in [3.05, 3.63) is 43.6 Å². The van der Waals surface area contributed by atoms with Crippen LogP contribution in [0.2, 0.25) is 0 Å². The number of aryl methyl sites for hydroxylation is 2. The average Bonchev–Trinajstić information content (AvgIpc) is 2.88. The van der Waals surface area contributed by atoms with Crippen LogP contribution in [0.15, 0.2) is 21.2 Å². The summed E-state index contributed by atoms with van der Waals surface area (Å²) in [4.78, 5) is 14.6. The number of rotatable bonds is 4. The molecular formula is C14H20N2O3S2. The number of sulfonamides is 1. The molecule has 7 heteroatoms. The fourth-order valence-corrected chi connectivity index (χ4v) is 5.24. The third-order valence-corrected chi connectivity index (χ3v) is 7.26. The standard InChI is InChI=1S/C14H20N2O3S2/c1-5-10-8-11(9(2)15-14(10)17)12-6-7-13(20-12)21(18,19)16(3)4/h7-8,12H,5-6H2,1-4H3,(H,15,17). The molecule has 0 fully saturated rings. The predicted octanol–water partition coefficient (Wildman–Crippen LogP) is 2.16. The van der Waals surface area contributed by atoms with Crippen LogP contribution in [0.5, 0.6) is 0 Å². The molecule has 0 aromatic carbocycles. The van der Waals surface area contributed by atoms with Crippen molar-refractivity contribution in [1.29, 1.82) is 0 Å². The van der Waals surface area contributed by atoms with Gasteiger partial charge in [0.1, 0.15) is 4.24 Å². The zero-order valence-corrected chi connectivity index (χ0v) is 14.3. The molecule has 1 unspecified atom stereocenters. The van der Waals surface area contributed by atoms with Gasteiger partial charge in [0.25, 0.3) is 5.56 Å². The van der Waals surface area contributed by atoms with Crippen molar-refractivity contribution in [3.8, 4) is 0 Å². The lowest BCUT2D eigenvalue weighted by Gasteiger charge is -2.16. The second-order valence-corrected chi connectivity index (χ2v) is 8.83. The zero-order valence-electron chi connectivity index (χ0n) is 12.6. The number of thioether (sulfide) groups is 1. The fourth-order valence-electron chi connectivity index (χ4n) is 2.26. The van der Waals surface area contributed by atoms with Crippen molar-refractivity contribution in [2.45, 2.75) is 31.9 Å². The molecule has 116 valence electrons. The molecule has 1 atom stereocenters. The van der Waals surface area contributed by atoms with Crippen LogP contribution in [0, 0.1) is 6.92 Å². The lowest BCUT2D eigenvalue weighted by Crippen LogP contribution is -2.22. The van der Waals surface area contributed by atoms with E-state index in [9.17, 15) is 13.2 Å². The third kappa shape index (κ3) is 3.09. The quantitative estimate of drug-likeness (QED) is 0.919. The summed E-state index contributed by atoms with van der Waals surface area (Å²) >= 11 is 1.35. The number of nitrogens with zero attached hydrogens (tertiary/aromatic N) is 1. The topological polar surface area (TPSA) is 70.2 Å². The summed E-state index contributed by atoms with van der Waals surface area (Å²) in [6.45, 7) is 3.79. The highest BCUT2D eigenvalue weighted by atomic mass is 32.3. The molecule has 21 heavy (non-hydrogen) atoms. The number of aromatic nitrogens is 1. The Hall–Kier alpha value is -1.05. The molecule has 5 nitrogen and oxygen atoms in total. The molecule has 2 rings (SSSR count). The number of allylic oxidation sites excluding steroid dienone is 1. The monoisotopic (exact) mass is 328 g/mol. The highest BCUT2D eigenvalue weighted by Gasteiger charge is 2.30. The number of pyridine rings is 1. The summed E-state index contributed by atoms with van der Waals surface area (Å²) in [5, 5.41) is 0.0388. The Morgan fingerprint density at radius 1 is 1.43 bits per heavy atom. The maximum absolute atomic E-state index is 12.2. The number of H-pyrrole nitrogens is 1. The van der Waals surface area contributed by atoms with Crippen LogP contribution in [0.3, 0.4) is 0 Å². The molecule has 0 spiro atoms. The predicted molar refractivity (Wildman–Crippen MR) is 86.8 cm³/mol. The summed E-state index contributed by atoms with van der Waals surface area (Å²) in [5.41, 5.74) is 2.50. The molecule has 0 amide bonds. The minimum Gasteiger partial charge on any atom is -0.326 e. The van der Waals surface area contributed by atoms with Gasteiger partial charge in [0.05, 0.1) is 0 Å². The first-order valence-corrected chi connectivity index (χ1v) is 9.11. The molecule has 1 aliphatic rings. The van der Waals surface area contributed by atoms with E-state index in [0.717, 1.165) is 16.8 Å². The first-order valence-electron chi connectivity index (χ1n) is 6.79. The highest BCUT2D eigenvalue weighted by molar-refractivity contribution is 8.18. The van der Waals surface area contributed by atoms with Crippen molar-refractivity contribution < 1.29 is 8.42 Å². The van der Waals surface area contributed by atoms with Gasteiger partial charge in [-0.1, -0.05) is 13.0 Å². The Kier molecular flexibility index (Phi) is 4.65. The number of hydrogen-bond donors (Lipinski definition) is 1. The number of aromatic amines is 1. The van der Waals surface area contributed by atoms with E-state index in [1.54, 1.807) is 6.08 Å². The van der Waals surface area contributed by atoms with Crippen molar-refractivity contribution in [3.63, 3.8) is 0 Å². The minimum absolute atomic E-state index is 0.0388. The molecule has 0 saturated carbocycles. The van der Waals surface area contributed by atoms with Crippen molar-refractivity contribution in [1.82, 2.24) is 9.29 Å². The Bertz CT molecular complexity index is 733. The van der Waals surface area contributed by atoms with Gasteiger partial charge in [-0.2, -0.15) is 0 Å². The first kappa shape index (κ1) is 16.3. The summed E-state index contributed by atoms with van der Waals surface area (Å²) < 4.78 is 25.9. The maximum Gasteiger partial charge on any atom is 0.251 e. The summed E-state index contributed by atoms with van der Waals surface area (Å²) in [6.07, 6.45) is 3.08. The molecule has 1 aliphatic heterocycles. The van der Waals surface area contributed by atoms with Crippen molar-refractivity contribution in [2.24, 2.45) is 0 Å². The van der Waals surface area contributed by atoms with Gasteiger partial charge in [-0.3, -0.25) is 4.79 Å². The van der Waals surface area contributed by atoms with Crippen LogP contribution in [0.1, 0.15) is 35.4 Å². The average molecular weight is 328 g/mol. The van der Waals surface area contributed by atoms with E-state index in [1.807, 2.05) is 19.9 Å². The van der Waals surface area contributed by atoms with Gasteiger partial charge in [-0.25, -0.2) is 12.7 Å². The van der Waals surface area contributed by atoms with Crippen molar-refractivity contribution in [2.75, 3.05) is 14.1 Å². The lowest BCUT2D eigenvalue weighted by molar-refractivity contribution is 0.530. The first-order chi connectivity index (χ1) is 9.77. The van der Waals surface area contributed by atoms with E-state index in [4.69, 9.17) is 0 Å². The van der Waals surface area contributed by atoms with Crippen LogP contribution >= 0.6 is 11.8 Å². The Morgan fingerprint density at radius 2 is 2.10 bits per heavy atom. The van der Waals surface area contributed by atoms with E-state index in [0.29, 0.717) is 17.1 Å². The minimum atomic E-state index is -3.37. The van der Waals surface area contributed by atoms with Crippen molar-refractivity contribution >= 4 is 21.8 Å². The van der Waals surface area contributed by atoms with Crippen LogP contribution < -0.4 is 5.56 Å². The molecular weight excluding hydrogens is 308 g/mol. The van der Waals surface area contributed by atoms with Gasteiger partial charge < -0.3 is 4.98 Å². The van der Waals surface area contributed by atoms with Crippen LogP contribution in [-0.2, 0) is 16.4 Å². The van der Waals surface area contributed by atoms with E-state index in [1.165, 1.54) is 30.2 Å². The summed E-state index contributed by atoms with van der Waals surface area (Å²) in [7, 11) is -0.304. The molecule has 0 aliphatic carbocycles. The molecule has 1 aromatic heterocycles. The van der Waals surface area contributed by atoms with Crippen LogP contribution in [0.25, 0.3) is 0 Å². The third-order valence-electron chi connectivity index (χ3n) is 3.58. The lowest BCUT2D eigenvalue weighted by atomic mass is 10.0. The van der Waals surface area contributed by atoms with Gasteiger partial charge in [0.15, 0.2) is 0 Å². The molecule has 1 N–H and O–H groups in total. The smallest absolute Gasteiger partial charge is 0.251 e. The van der Waals surface area contributed by atoms with Gasteiger partial charge in [-0.15, -0.1) is 11.8 Å². The zero-order chi connectivity index (χ0) is 15.8.